The largest absolute Gasteiger partial charge is 0.477 e. The minimum atomic E-state index is -0.896. The van der Waals surface area contributed by atoms with E-state index in [0.717, 1.165) is 36.2 Å². The summed E-state index contributed by atoms with van der Waals surface area (Å²) in [5.74, 6) is 6.10. The van der Waals surface area contributed by atoms with Crippen LogP contribution >= 0.6 is 11.3 Å². The van der Waals surface area contributed by atoms with Gasteiger partial charge in [-0.2, -0.15) is 0 Å². The van der Waals surface area contributed by atoms with Crippen LogP contribution in [0.2, 0.25) is 0 Å². The van der Waals surface area contributed by atoms with Gasteiger partial charge in [-0.1, -0.05) is 17.9 Å². The number of rotatable bonds is 5. The van der Waals surface area contributed by atoms with Crippen molar-refractivity contribution in [3.63, 3.8) is 0 Å². The van der Waals surface area contributed by atoms with Crippen LogP contribution in [0, 0.1) is 17.3 Å². The molecule has 1 aliphatic rings. The van der Waals surface area contributed by atoms with Gasteiger partial charge in [-0.15, -0.1) is 11.3 Å². The molecule has 29 heavy (non-hydrogen) atoms. The topological polar surface area (TPSA) is 62.7 Å². The van der Waals surface area contributed by atoms with Crippen molar-refractivity contribution in [1.29, 1.82) is 0 Å². The summed E-state index contributed by atoms with van der Waals surface area (Å²) in [6.07, 6.45) is 5.64. The monoisotopic (exact) mass is 412 g/mol. The van der Waals surface area contributed by atoms with E-state index in [4.69, 9.17) is 4.74 Å². The molecule has 0 amide bonds. The molecule has 0 bridgehead atoms. The molecule has 1 aliphatic carbocycles. The molecule has 5 nitrogen and oxygen atoms in total. The molecule has 6 heteroatoms. The van der Waals surface area contributed by atoms with Crippen LogP contribution in [0.25, 0.3) is 0 Å². The number of aromatic carboxylic acids is 1. The highest BCUT2D eigenvalue weighted by atomic mass is 32.1. The van der Waals surface area contributed by atoms with Crippen LogP contribution in [0.4, 0.5) is 5.69 Å². The van der Waals surface area contributed by atoms with E-state index in [-0.39, 0.29) is 17.6 Å². The van der Waals surface area contributed by atoms with Crippen molar-refractivity contribution in [3.8, 4) is 17.7 Å². The highest BCUT2D eigenvalue weighted by Gasteiger charge is 2.28. The van der Waals surface area contributed by atoms with Gasteiger partial charge in [0, 0.05) is 30.8 Å². The first kappa shape index (κ1) is 21.2. The fourth-order valence-corrected chi connectivity index (χ4v) is 4.33. The Balaban J connectivity index is 1.68. The van der Waals surface area contributed by atoms with E-state index < -0.39 is 5.97 Å². The third-order valence-corrected chi connectivity index (χ3v) is 5.99. The van der Waals surface area contributed by atoms with Crippen LogP contribution in [0.5, 0.6) is 5.88 Å². The number of ether oxygens (including phenoxy) is 1. The molecule has 0 radical (unpaired) electrons. The molecule has 0 saturated heterocycles. The minimum Gasteiger partial charge on any atom is -0.477 e. The zero-order valence-electron chi connectivity index (χ0n) is 17.4. The quantitative estimate of drug-likeness (QED) is 0.695. The maximum absolute atomic E-state index is 11.8. The highest BCUT2D eigenvalue weighted by Crippen LogP contribution is 2.34. The van der Waals surface area contributed by atoms with Crippen molar-refractivity contribution >= 4 is 23.0 Å². The molecule has 0 aromatic carbocycles. The molecule has 154 valence electrons. The van der Waals surface area contributed by atoms with Crippen molar-refractivity contribution in [2.45, 2.75) is 58.6 Å². The van der Waals surface area contributed by atoms with E-state index in [1.165, 1.54) is 11.3 Å². The third kappa shape index (κ3) is 5.74. The molecular formula is C23H28N2O3S. The summed E-state index contributed by atoms with van der Waals surface area (Å²) in [7, 11) is 1.99. The number of aromatic nitrogens is 1. The number of hydrogen-bond acceptors (Lipinski definition) is 5. The summed E-state index contributed by atoms with van der Waals surface area (Å²) in [5.41, 5.74) is 0.639. The van der Waals surface area contributed by atoms with E-state index in [1.54, 1.807) is 6.20 Å². The zero-order valence-corrected chi connectivity index (χ0v) is 18.3. The van der Waals surface area contributed by atoms with Crippen LogP contribution in [0.15, 0.2) is 30.5 Å². The molecule has 3 rings (SSSR count). The number of nitrogens with zero attached hydrogens (tertiary/aromatic N) is 2. The van der Waals surface area contributed by atoms with Crippen molar-refractivity contribution < 1.29 is 14.6 Å². The molecule has 0 spiro atoms. The second kappa shape index (κ2) is 8.87. The van der Waals surface area contributed by atoms with Crippen molar-refractivity contribution in [3.05, 3.63) is 40.2 Å². The standard InChI is InChI=1S/C23H28N2O3S/c1-23(2,3)13-12-18-15-19(21(29-18)22(26)27)25(4)16-8-10-17(11-9-16)28-20-7-5-6-14-24-20/h5-7,14-17H,8-11H2,1-4H3,(H,26,27). The van der Waals surface area contributed by atoms with Gasteiger partial charge in [0.05, 0.1) is 10.6 Å². The predicted molar refractivity (Wildman–Crippen MR) is 117 cm³/mol. The molecule has 2 heterocycles. The Hall–Kier alpha value is -2.52. The van der Waals surface area contributed by atoms with Crippen LogP contribution in [0.3, 0.4) is 0 Å². The lowest BCUT2D eigenvalue weighted by molar-refractivity contribution is 0.0702. The van der Waals surface area contributed by atoms with Gasteiger partial charge >= 0.3 is 5.97 Å². The minimum absolute atomic E-state index is 0.120. The van der Waals surface area contributed by atoms with Crippen molar-refractivity contribution in [2.75, 3.05) is 11.9 Å². The van der Waals surface area contributed by atoms with Gasteiger partial charge in [0.2, 0.25) is 5.88 Å². The summed E-state index contributed by atoms with van der Waals surface area (Å²) < 4.78 is 5.98. The fourth-order valence-electron chi connectivity index (χ4n) is 3.44. The number of pyridine rings is 1. The van der Waals surface area contributed by atoms with Gasteiger partial charge in [0.25, 0.3) is 0 Å². The SMILES string of the molecule is CN(c1cc(C#CC(C)(C)C)sc1C(=O)O)C1CCC(Oc2ccccn2)CC1. The maximum atomic E-state index is 11.8. The van der Waals surface area contributed by atoms with E-state index in [1.807, 2.05) is 52.1 Å². The number of hydrogen-bond donors (Lipinski definition) is 1. The van der Waals surface area contributed by atoms with Crippen LogP contribution in [0.1, 0.15) is 61.0 Å². The number of thiophene rings is 1. The van der Waals surface area contributed by atoms with Gasteiger partial charge in [-0.25, -0.2) is 9.78 Å². The van der Waals surface area contributed by atoms with E-state index in [9.17, 15) is 9.90 Å². The Bertz CT molecular complexity index is 898. The van der Waals surface area contributed by atoms with Crippen molar-refractivity contribution in [1.82, 2.24) is 4.98 Å². The number of carbonyl (C=O) groups is 1. The smallest absolute Gasteiger partial charge is 0.348 e. The third-order valence-electron chi connectivity index (χ3n) is 4.96. The Labute approximate surface area is 176 Å². The van der Waals surface area contributed by atoms with Gasteiger partial charge in [0.15, 0.2) is 0 Å². The first-order valence-electron chi connectivity index (χ1n) is 9.94. The molecular weight excluding hydrogens is 384 g/mol. The predicted octanol–water partition coefficient (Wildman–Crippen LogP) is 5.07. The molecule has 1 saturated carbocycles. The molecule has 1 N–H and O–H groups in total. The lowest BCUT2D eigenvalue weighted by Gasteiger charge is -2.35. The van der Waals surface area contributed by atoms with E-state index >= 15 is 0 Å². The summed E-state index contributed by atoms with van der Waals surface area (Å²) in [5, 5.41) is 9.67. The first-order valence-corrected chi connectivity index (χ1v) is 10.8. The summed E-state index contributed by atoms with van der Waals surface area (Å²) in [6, 6.07) is 7.88. The molecule has 1 fully saturated rings. The molecule has 2 aromatic rings. The summed E-state index contributed by atoms with van der Waals surface area (Å²) in [4.78, 5) is 19.3. The average Bonchev–Trinajstić information content (AvgIpc) is 3.11. The fraction of sp³-hybridized carbons (Fsp3) is 0.478. The molecule has 0 unspecified atom stereocenters. The first-order chi connectivity index (χ1) is 13.7. The molecule has 0 aliphatic heterocycles. The number of anilines is 1. The zero-order chi connectivity index (χ0) is 21.0. The summed E-state index contributed by atoms with van der Waals surface area (Å²) >= 11 is 1.26. The highest BCUT2D eigenvalue weighted by molar-refractivity contribution is 7.15. The van der Waals surface area contributed by atoms with Crippen LogP contribution < -0.4 is 9.64 Å². The lowest BCUT2D eigenvalue weighted by atomic mass is 9.91. The molecule has 0 atom stereocenters. The van der Waals surface area contributed by atoms with Gasteiger partial charge < -0.3 is 14.7 Å². The Morgan fingerprint density at radius 2 is 2.00 bits per heavy atom. The second-order valence-electron chi connectivity index (χ2n) is 8.46. The summed E-state index contributed by atoms with van der Waals surface area (Å²) in [6.45, 7) is 6.14. The molecule has 2 aromatic heterocycles. The lowest BCUT2D eigenvalue weighted by Crippen LogP contribution is -2.38. The van der Waals surface area contributed by atoms with Crippen molar-refractivity contribution in [2.24, 2.45) is 5.41 Å². The van der Waals surface area contributed by atoms with Crippen LogP contribution in [-0.4, -0.2) is 35.3 Å². The normalized spacial score (nSPS) is 19.2. The van der Waals surface area contributed by atoms with Gasteiger partial charge in [-0.3, -0.25) is 0 Å². The van der Waals surface area contributed by atoms with E-state index in [0.29, 0.717) is 10.8 Å². The number of carboxylic acid groups (broad SMARTS) is 1. The van der Waals surface area contributed by atoms with Gasteiger partial charge in [0.1, 0.15) is 11.0 Å². The Morgan fingerprint density at radius 1 is 1.28 bits per heavy atom. The Morgan fingerprint density at radius 3 is 2.59 bits per heavy atom. The number of carboxylic acids is 1. The van der Waals surface area contributed by atoms with Gasteiger partial charge in [-0.05, 0) is 58.6 Å². The second-order valence-corrected chi connectivity index (χ2v) is 9.51. The average molecular weight is 413 g/mol. The van der Waals surface area contributed by atoms with Crippen LogP contribution in [-0.2, 0) is 0 Å². The van der Waals surface area contributed by atoms with E-state index in [2.05, 4.69) is 21.7 Å². The maximum Gasteiger partial charge on any atom is 0.348 e. The Kier molecular flexibility index (Phi) is 6.49.